The van der Waals surface area contributed by atoms with Crippen LogP contribution < -0.4 is 5.56 Å². The van der Waals surface area contributed by atoms with Gasteiger partial charge in [-0.15, -0.1) is 4.85 Å². The predicted octanol–water partition coefficient (Wildman–Crippen LogP) is 0.360. The first-order chi connectivity index (χ1) is 8.57. The molecule has 2 N–H and O–H groups in total. The third-order valence-corrected chi connectivity index (χ3v) is 2.68. The lowest BCUT2D eigenvalue weighted by atomic mass is 10.2. The van der Waals surface area contributed by atoms with Crippen LogP contribution in [0.3, 0.4) is 0 Å². The summed E-state index contributed by atoms with van der Waals surface area (Å²) in [5.41, 5.74) is -0.322. The minimum absolute atomic E-state index is 0.0999. The van der Waals surface area contributed by atoms with Gasteiger partial charge in [-0.1, -0.05) is 18.2 Å². The van der Waals surface area contributed by atoms with E-state index in [4.69, 9.17) is 5.11 Å². The molecule has 18 heavy (non-hydrogen) atoms. The molecule has 0 bridgehead atoms. The number of aliphatic hydroxyl groups is 1. The number of hydrogen-bond acceptors (Lipinski definition) is 4. The predicted molar refractivity (Wildman–Crippen MR) is 63.4 cm³/mol. The van der Waals surface area contributed by atoms with E-state index in [1.165, 1.54) is 6.92 Å². The average molecular weight is 248 g/mol. The van der Waals surface area contributed by atoms with Gasteiger partial charge in [0, 0.05) is 0 Å². The second-order valence-electron chi connectivity index (χ2n) is 3.78. The van der Waals surface area contributed by atoms with Crippen LogP contribution in [-0.4, -0.2) is 32.2 Å². The summed E-state index contributed by atoms with van der Waals surface area (Å²) < 4.78 is 0.970. The van der Waals surface area contributed by atoms with Gasteiger partial charge in [0.2, 0.25) is 0 Å². The largest absolute Gasteiger partial charge is 0.412 e. The Hall–Kier alpha value is -2.34. The van der Waals surface area contributed by atoms with Crippen molar-refractivity contribution in [1.29, 1.82) is 0 Å². The third kappa shape index (κ3) is 1.72. The third-order valence-electron chi connectivity index (χ3n) is 2.68. The lowest BCUT2D eigenvalue weighted by Gasteiger charge is -2.05. The smallest absolute Gasteiger partial charge is 0.285 e. The van der Waals surface area contributed by atoms with Crippen LogP contribution in [0.4, 0.5) is 0 Å². The van der Waals surface area contributed by atoms with Crippen molar-refractivity contribution in [3.8, 4) is 5.69 Å². The van der Waals surface area contributed by atoms with Gasteiger partial charge in [-0.3, -0.25) is 9.59 Å². The Morgan fingerprint density at radius 1 is 1.28 bits per heavy atom. The molecule has 0 aliphatic heterocycles. The van der Waals surface area contributed by atoms with Gasteiger partial charge in [0.25, 0.3) is 5.56 Å². The maximum atomic E-state index is 12.1. The highest BCUT2D eigenvalue weighted by Crippen LogP contribution is 2.09. The van der Waals surface area contributed by atoms with Crippen LogP contribution in [0.2, 0.25) is 0 Å². The number of benzene rings is 1. The van der Waals surface area contributed by atoms with Gasteiger partial charge >= 0.3 is 0 Å². The molecule has 1 aromatic heterocycles. The highest BCUT2D eigenvalue weighted by Gasteiger charge is 2.22. The van der Waals surface area contributed by atoms with Crippen LogP contribution in [-0.2, 0) is 0 Å². The first kappa shape index (κ1) is 12.1. The molecule has 0 unspecified atom stereocenters. The van der Waals surface area contributed by atoms with Crippen molar-refractivity contribution in [3.63, 3.8) is 0 Å². The fraction of sp³-hybridized carbons (Fsp3) is 0.167. The minimum atomic E-state index is -0.769. The van der Waals surface area contributed by atoms with Crippen LogP contribution in [0, 0.1) is 6.92 Å². The molecule has 1 heterocycles. The van der Waals surface area contributed by atoms with Crippen molar-refractivity contribution >= 4 is 5.78 Å². The molecule has 0 spiro atoms. The number of rotatable bonds is 3. The minimum Gasteiger partial charge on any atom is -0.412 e. The van der Waals surface area contributed by atoms with Gasteiger partial charge in [0.15, 0.2) is 5.78 Å². The molecule has 6 heteroatoms. The monoisotopic (exact) mass is 248 g/mol. The summed E-state index contributed by atoms with van der Waals surface area (Å²) in [6.45, 7) is 0.665. The second kappa shape index (κ2) is 4.50. The number of aliphatic hydroxyl groups excluding tert-OH is 1. The maximum absolute atomic E-state index is 12.1. The zero-order valence-electron chi connectivity index (χ0n) is 9.70. The molecule has 0 fully saturated rings. The number of carbonyl (C=O) groups is 1. The molecular weight excluding hydrogens is 236 g/mol. The van der Waals surface area contributed by atoms with E-state index in [0.29, 0.717) is 10.5 Å². The SMILES string of the molecule is Cc1c(C(=O)CO)c(=O)n(-c2ccccc2)n1O. The fourth-order valence-electron chi connectivity index (χ4n) is 1.79. The maximum Gasteiger partial charge on any atom is 0.285 e. The van der Waals surface area contributed by atoms with E-state index in [2.05, 4.69) is 0 Å². The van der Waals surface area contributed by atoms with Crippen molar-refractivity contribution in [3.05, 3.63) is 51.9 Å². The van der Waals surface area contributed by atoms with Gasteiger partial charge in [0.05, 0.1) is 11.4 Å². The van der Waals surface area contributed by atoms with Crippen molar-refractivity contribution in [2.45, 2.75) is 6.92 Å². The Balaban J connectivity index is 2.72. The molecule has 6 nitrogen and oxygen atoms in total. The summed E-state index contributed by atoms with van der Waals surface area (Å²) in [4.78, 5) is 24.1. The number of ketones is 1. The molecule has 0 atom stereocenters. The fourth-order valence-corrected chi connectivity index (χ4v) is 1.79. The summed E-state index contributed by atoms with van der Waals surface area (Å²) in [5, 5.41) is 18.7. The van der Waals surface area contributed by atoms with E-state index in [0.717, 1.165) is 4.68 Å². The number of carbonyl (C=O) groups excluding carboxylic acids is 1. The molecular formula is C12H12N2O4. The molecule has 2 rings (SSSR count). The molecule has 0 aliphatic rings. The highest BCUT2D eigenvalue weighted by molar-refractivity contribution is 5.97. The van der Waals surface area contributed by atoms with E-state index in [-0.39, 0.29) is 11.3 Å². The summed E-state index contributed by atoms with van der Waals surface area (Å²) in [6, 6.07) is 8.43. The number of para-hydroxylation sites is 1. The first-order valence-electron chi connectivity index (χ1n) is 5.31. The van der Waals surface area contributed by atoms with E-state index in [9.17, 15) is 14.8 Å². The summed E-state index contributed by atoms with van der Waals surface area (Å²) in [5.74, 6) is -0.713. The number of Topliss-reactive ketones (excluding diaryl/α,β-unsaturated/α-hetero) is 1. The van der Waals surface area contributed by atoms with Crippen molar-refractivity contribution in [2.24, 2.45) is 0 Å². The zero-order chi connectivity index (χ0) is 13.3. The topological polar surface area (TPSA) is 84.5 Å². The van der Waals surface area contributed by atoms with Gasteiger partial charge in [-0.25, -0.2) is 0 Å². The first-order valence-corrected chi connectivity index (χ1v) is 5.31. The zero-order valence-corrected chi connectivity index (χ0v) is 9.70. The van der Waals surface area contributed by atoms with E-state index < -0.39 is 17.9 Å². The van der Waals surface area contributed by atoms with Crippen LogP contribution in [0.1, 0.15) is 16.1 Å². The summed E-state index contributed by atoms with van der Waals surface area (Å²) in [6.07, 6.45) is 0. The Labute approximate surface area is 102 Å². The molecule has 0 saturated heterocycles. The number of aromatic nitrogens is 2. The van der Waals surface area contributed by atoms with Gasteiger partial charge < -0.3 is 10.3 Å². The van der Waals surface area contributed by atoms with Gasteiger partial charge in [-0.05, 0) is 19.1 Å². The molecule has 94 valence electrons. The lowest BCUT2D eigenvalue weighted by molar-refractivity contribution is 0.0898. The Morgan fingerprint density at radius 2 is 1.89 bits per heavy atom. The molecule has 1 aromatic carbocycles. The lowest BCUT2D eigenvalue weighted by Crippen LogP contribution is -2.23. The van der Waals surface area contributed by atoms with E-state index in [1.807, 2.05) is 0 Å². The molecule has 0 radical (unpaired) electrons. The molecule has 0 amide bonds. The Kier molecular flexibility index (Phi) is 3.03. The Bertz CT molecular complexity index is 640. The summed E-state index contributed by atoms with van der Waals surface area (Å²) in [7, 11) is 0. The quantitative estimate of drug-likeness (QED) is 0.606. The average Bonchev–Trinajstić information content (AvgIpc) is 2.61. The number of hydrogen-bond donors (Lipinski definition) is 2. The van der Waals surface area contributed by atoms with Crippen LogP contribution in [0.5, 0.6) is 0 Å². The Morgan fingerprint density at radius 3 is 2.44 bits per heavy atom. The van der Waals surface area contributed by atoms with E-state index >= 15 is 0 Å². The van der Waals surface area contributed by atoms with Crippen LogP contribution in [0.25, 0.3) is 5.69 Å². The summed E-state index contributed by atoms with van der Waals surface area (Å²) >= 11 is 0. The van der Waals surface area contributed by atoms with Gasteiger partial charge in [-0.2, -0.15) is 4.68 Å². The molecule has 0 aliphatic carbocycles. The van der Waals surface area contributed by atoms with Crippen molar-refractivity contribution in [2.75, 3.05) is 6.61 Å². The second-order valence-corrected chi connectivity index (χ2v) is 3.78. The van der Waals surface area contributed by atoms with Gasteiger partial charge in [0.1, 0.15) is 12.2 Å². The molecule has 0 saturated carbocycles. The van der Waals surface area contributed by atoms with Crippen LogP contribution >= 0.6 is 0 Å². The number of nitrogens with zero attached hydrogens (tertiary/aromatic N) is 2. The standard InChI is InChI=1S/C12H12N2O4/c1-8-11(10(16)7-15)12(17)13(14(8)18)9-5-3-2-4-6-9/h2-6,15,18H,7H2,1H3. The van der Waals surface area contributed by atoms with E-state index in [1.54, 1.807) is 30.3 Å². The van der Waals surface area contributed by atoms with Crippen LogP contribution in [0.15, 0.2) is 35.1 Å². The normalized spacial score (nSPS) is 10.6. The molecule has 2 aromatic rings. The highest BCUT2D eigenvalue weighted by atomic mass is 16.5. The van der Waals surface area contributed by atoms with Crippen molar-refractivity contribution < 1.29 is 15.1 Å². The van der Waals surface area contributed by atoms with Crippen molar-refractivity contribution in [1.82, 2.24) is 9.53 Å².